The fourth-order valence-corrected chi connectivity index (χ4v) is 5.29. The molecule has 0 radical (unpaired) electrons. The van der Waals surface area contributed by atoms with E-state index in [-0.39, 0.29) is 24.3 Å². The zero-order valence-electron chi connectivity index (χ0n) is 14.2. The van der Waals surface area contributed by atoms with Gasteiger partial charge in [0.25, 0.3) is 0 Å². The maximum atomic E-state index is 13.6. The second-order valence-corrected chi connectivity index (χ2v) is 8.52. The fraction of sp³-hybridized carbons (Fsp3) is 0.368. The quantitative estimate of drug-likeness (QED) is 0.798. The monoisotopic (exact) mass is 377 g/mol. The van der Waals surface area contributed by atoms with Crippen molar-refractivity contribution >= 4 is 10.0 Å². The zero-order chi connectivity index (χ0) is 18.1. The minimum atomic E-state index is -3.80. The molecule has 7 heteroatoms. The summed E-state index contributed by atoms with van der Waals surface area (Å²) in [5.74, 6) is 0.728. The maximum absolute atomic E-state index is 13.6. The summed E-state index contributed by atoms with van der Waals surface area (Å²) in [6.07, 6.45) is 3.64. The van der Waals surface area contributed by atoms with Crippen molar-refractivity contribution in [3.05, 3.63) is 53.8 Å². The SMILES string of the molecule is O=S(=O)(c1cccc(F)c1)N(Cc1ccc2c(c1)OCO2)C1CCCC1. The maximum Gasteiger partial charge on any atom is 0.243 e. The average molecular weight is 377 g/mol. The molecule has 5 nitrogen and oxygen atoms in total. The Labute approximate surface area is 152 Å². The molecule has 0 atom stereocenters. The van der Waals surface area contributed by atoms with Gasteiger partial charge in [-0.05, 0) is 48.7 Å². The Hall–Kier alpha value is -2.12. The van der Waals surface area contributed by atoms with Crippen LogP contribution in [-0.2, 0) is 16.6 Å². The van der Waals surface area contributed by atoms with Gasteiger partial charge in [0.05, 0.1) is 4.90 Å². The smallest absolute Gasteiger partial charge is 0.243 e. The number of benzene rings is 2. The Kier molecular flexibility index (Phi) is 4.58. The molecule has 2 aromatic carbocycles. The zero-order valence-corrected chi connectivity index (χ0v) is 15.0. The van der Waals surface area contributed by atoms with Gasteiger partial charge in [0.1, 0.15) is 5.82 Å². The van der Waals surface area contributed by atoms with Gasteiger partial charge in [0.15, 0.2) is 11.5 Å². The minimum absolute atomic E-state index is 0.00913. The van der Waals surface area contributed by atoms with Gasteiger partial charge in [0.2, 0.25) is 16.8 Å². The molecule has 1 aliphatic carbocycles. The van der Waals surface area contributed by atoms with Crippen LogP contribution in [0.1, 0.15) is 31.2 Å². The number of rotatable bonds is 5. The van der Waals surface area contributed by atoms with Gasteiger partial charge in [-0.25, -0.2) is 12.8 Å². The molecule has 0 unspecified atom stereocenters. The van der Waals surface area contributed by atoms with Crippen molar-refractivity contribution in [1.82, 2.24) is 4.31 Å². The second kappa shape index (κ2) is 6.89. The lowest BCUT2D eigenvalue weighted by Gasteiger charge is -2.28. The Morgan fingerprint density at radius 1 is 1.04 bits per heavy atom. The van der Waals surface area contributed by atoms with Crippen LogP contribution in [0.5, 0.6) is 11.5 Å². The molecule has 0 amide bonds. The molecule has 0 N–H and O–H groups in total. The van der Waals surface area contributed by atoms with Crippen LogP contribution >= 0.6 is 0 Å². The minimum Gasteiger partial charge on any atom is -0.454 e. The van der Waals surface area contributed by atoms with E-state index in [1.54, 1.807) is 6.07 Å². The summed E-state index contributed by atoms with van der Waals surface area (Å²) in [6, 6.07) is 10.6. The first-order valence-electron chi connectivity index (χ1n) is 8.70. The highest BCUT2D eigenvalue weighted by Crippen LogP contribution is 2.35. The number of halogens is 1. The van der Waals surface area contributed by atoms with Crippen LogP contribution in [0.3, 0.4) is 0 Å². The van der Waals surface area contributed by atoms with Crippen LogP contribution in [0, 0.1) is 5.82 Å². The lowest BCUT2D eigenvalue weighted by atomic mass is 10.1. The average Bonchev–Trinajstić information content (AvgIpc) is 3.30. The molecule has 2 aliphatic rings. The van der Waals surface area contributed by atoms with E-state index in [0.717, 1.165) is 37.3 Å². The highest BCUT2D eigenvalue weighted by molar-refractivity contribution is 7.89. The molecule has 0 aromatic heterocycles. The Bertz CT molecular complexity index is 910. The standard InChI is InChI=1S/C19H20FNO4S/c20-15-4-3-7-17(11-15)26(22,23)21(16-5-1-2-6-16)12-14-8-9-18-19(10-14)25-13-24-18/h3-4,7-11,16H,1-2,5-6,12-13H2. The predicted molar refractivity (Wildman–Crippen MR) is 93.9 cm³/mol. The lowest BCUT2D eigenvalue weighted by molar-refractivity contribution is 0.174. The first-order chi connectivity index (χ1) is 12.5. The number of hydrogen-bond donors (Lipinski definition) is 0. The van der Waals surface area contributed by atoms with E-state index >= 15 is 0 Å². The lowest BCUT2D eigenvalue weighted by Crippen LogP contribution is -2.38. The number of nitrogens with zero attached hydrogens (tertiary/aromatic N) is 1. The number of fused-ring (bicyclic) bond motifs is 1. The normalized spacial score (nSPS) is 17.2. The molecule has 1 saturated carbocycles. The first-order valence-corrected chi connectivity index (χ1v) is 10.1. The molecule has 4 rings (SSSR count). The summed E-state index contributed by atoms with van der Waals surface area (Å²) in [7, 11) is -3.80. The molecular formula is C19H20FNO4S. The molecule has 138 valence electrons. The summed E-state index contributed by atoms with van der Waals surface area (Å²) in [6.45, 7) is 0.396. The van der Waals surface area contributed by atoms with Crippen molar-refractivity contribution in [2.24, 2.45) is 0 Å². The van der Waals surface area contributed by atoms with Gasteiger partial charge in [-0.2, -0.15) is 4.31 Å². The Balaban J connectivity index is 1.68. The van der Waals surface area contributed by atoms with Gasteiger partial charge < -0.3 is 9.47 Å². The summed E-state index contributed by atoms with van der Waals surface area (Å²) in [5.41, 5.74) is 0.820. The number of sulfonamides is 1. The van der Waals surface area contributed by atoms with Crippen molar-refractivity contribution in [2.45, 2.75) is 43.2 Å². The van der Waals surface area contributed by atoms with Crippen molar-refractivity contribution < 1.29 is 22.3 Å². The van der Waals surface area contributed by atoms with E-state index in [0.29, 0.717) is 11.5 Å². The molecule has 0 spiro atoms. The Morgan fingerprint density at radius 2 is 1.81 bits per heavy atom. The van der Waals surface area contributed by atoms with Crippen LogP contribution in [0.15, 0.2) is 47.4 Å². The van der Waals surface area contributed by atoms with Crippen molar-refractivity contribution in [3.63, 3.8) is 0 Å². The third-order valence-electron chi connectivity index (χ3n) is 4.91. The van der Waals surface area contributed by atoms with E-state index in [1.165, 1.54) is 22.5 Å². The topological polar surface area (TPSA) is 55.8 Å². The largest absolute Gasteiger partial charge is 0.454 e. The summed E-state index contributed by atoms with van der Waals surface area (Å²) in [5, 5.41) is 0. The van der Waals surface area contributed by atoms with Gasteiger partial charge in [-0.3, -0.25) is 0 Å². The van der Waals surface area contributed by atoms with Crippen LogP contribution in [-0.4, -0.2) is 25.6 Å². The summed E-state index contributed by atoms with van der Waals surface area (Å²) >= 11 is 0. The number of ether oxygens (including phenoxy) is 2. The van der Waals surface area contributed by atoms with Crippen molar-refractivity contribution in [3.8, 4) is 11.5 Å². The van der Waals surface area contributed by atoms with Gasteiger partial charge >= 0.3 is 0 Å². The molecule has 0 saturated heterocycles. The van der Waals surface area contributed by atoms with Gasteiger partial charge in [-0.15, -0.1) is 0 Å². The van der Waals surface area contributed by atoms with Crippen LogP contribution in [0.25, 0.3) is 0 Å². The van der Waals surface area contributed by atoms with Crippen molar-refractivity contribution in [1.29, 1.82) is 0 Å². The number of hydrogen-bond acceptors (Lipinski definition) is 4. The van der Waals surface area contributed by atoms with E-state index < -0.39 is 15.8 Å². The second-order valence-electron chi connectivity index (χ2n) is 6.63. The fourth-order valence-electron chi connectivity index (χ4n) is 3.58. The molecule has 2 aromatic rings. The third kappa shape index (κ3) is 3.29. The summed E-state index contributed by atoms with van der Waals surface area (Å²) < 4.78 is 52.2. The van der Waals surface area contributed by atoms with Gasteiger partial charge in [0, 0.05) is 12.6 Å². The van der Waals surface area contributed by atoms with Gasteiger partial charge in [-0.1, -0.05) is 25.0 Å². The molecule has 1 heterocycles. The van der Waals surface area contributed by atoms with Crippen molar-refractivity contribution in [2.75, 3.05) is 6.79 Å². The van der Waals surface area contributed by atoms with Crippen LogP contribution in [0.2, 0.25) is 0 Å². The van der Waals surface area contributed by atoms with E-state index in [9.17, 15) is 12.8 Å². The van der Waals surface area contributed by atoms with Crippen LogP contribution in [0.4, 0.5) is 4.39 Å². The third-order valence-corrected chi connectivity index (χ3v) is 6.80. The van der Waals surface area contributed by atoms with E-state index in [1.807, 2.05) is 12.1 Å². The molecule has 1 aliphatic heterocycles. The molecular weight excluding hydrogens is 357 g/mol. The molecule has 0 bridgehead atoms. The molecule has 1 fully saturated rings. The molecule has 26 heavy (non-hydrogen) atoms. The van der Waals surface area contributed by atoms with E-state index in [2.05, 4.69) is 0 Å². The van der Waals surface area contributed by atoms with Crippen LogP contribution < -0.4 is 9.47 Å². The highest BCUT2D eigenvalue weighted by atomic mass is 32.2. The van der Waals surface area contributed by atoms with E-state index in [4.69, 9.17) is 9.47 Å². The first kappa shape index (κ1) is 17.3. The Morgan fingerprint density at radius 3 is 2.58 bits per heavy atom. The predicted octanol–water partition coefficient (Wildman–Crippen LogP) is 3.69. The highest BCUT2D eigenvalue weighted by Gasteiger charge is 2.33. The summed E-state index contributed by atoms with van der Waals surface area (Å²) in [4.78, 5) is -0.00913.